The van der Waals surface area contributed by atoms with E-state index in [1.165, 1.54) is 11.6 Å². The van der Waals surface area contributed by atoms with Crippen LogP contribution in [0.4, 0.5) is 0 Å². The van der Waals surface area contributed by atoms with Gasteiger partial charge in [-0.15, -0.1) is 0 Å². The summed E-state index contributed by atoms with van der Waals surface area (Å²) in [6.07, 6.45) is 3.01. The summed E-state index contributed by atoms with van der Waals surface area (Å²) in [5.41, 5.74) is 6.77. The van der Waals surface area contributed by atoms with E-state index in [-0.39, 0.29) is 12.0 Å². The van der Waals surface area contributed by atoms with Gasteiger partial charge in [0, 0.05) is 6.08 Å². The lowest BCUT2D eigenvalue weighted by atomic mass is 9.87. The number of hydrogen-bond donors (Lipinski definition) is 2. The largest absolute Gasteiger partial charge is 0.484 e. The van der Waals surface area contributed by atoms with Crippen molar-refractivity contribution in [2.75, 3.05) is 6.61 Å². The molecule has 0 bridgehead atoms. The van der Waals surface area contributed by atoms with Crippen molar-refractivity contribution in [3.8, 4) is 5.75 Å². The maximum Gasteiger partial charge on any atom is 0.276 e. The van der Waals surface area contributed by atoms with Crippen molar-refractivity contribution >= 4 is 17.9 Å². The van der Waals surface area contributed by atoms with Gasteiger partial charge < -0.3 is 4.74 Å². The van der Waals surface area contributed by atoms with Crippen LogP contribution in [0.3, 0.4) is 0 Å². The van der Waals surface area contributed by atoms with E-state index in [0.717, 1.165) is 5.56 Å². The highest BCUT2D eigenvalue weighted by Crippen LogP contribution is 2.24. The lowest BCUT2D eigenvalue weighted by Crippen LogP contribution is -2.43. The molecule has 0 aliphatic heterocycles. The van der Waals surface area contributed by atoms with Gasteiger partial charge in [-0.2, -0.15) is 0 Å². The van der Waals surface area contributed by atoms with E-state index in [2.05, 4.69) is 31.6 Å². The van der Waals surface area contributed by atoms with Gasteiger partial charge in [0.05, 0.1) is 0 Å². The monoisotopic (exact) mass is 352 g/mol. The van der Waals surface area contributed by atoms with E-state index in [1.807, 2.05) is 54.6 Å². The third-order valence-corrected chi connectivity index (χ3v) is 3.64. The van der Waals surface area contributed by atoms with Crippen LogP contribution < -0.4 is 15.6 Å². The molecule has 0 spiro atoms. The zero-order valence-electron chi connectivity index (χ0n) is 15.3. The van der Waals surface area contributed by atoms with E-state index >= 15 is 0 Å². The number of rotatable bonds is 5. The number of ether oxygens (including phenoxy) is 1. The summed E-state index contributed by atoms with van der Waals surface area (Å²) < 4.78 is 5.42. The van der Waals surface area contributed by atoms with Gasteiger partial charge >= 0.3 is 0 Å². The summed E-state index contributed by atoms with van der Waals surface area (Å²) in [4.78, 5) is 23.4. The molecule has 2 N–H and O–H groups in total. The Morgan fingerprint density at radius 2 is 1.62 bits per heavy atom. The molecular weight excluding hydrogens is 328 g/mol. The van der Waals surface area contributed by atoms with Crippen LogP contribution in [0, 0.1) is 0 Å². The Kier molecular flexibility index (Phi) is 6.55. The Hall–Kier alpha value is -3.08. The summed E-state index contributed by atoms with van der Waals surface area (Å²) in [5, 5.41) is 0. The maximum atomic E-state index is 11.7. The number of amides is 2. The van der Waals surface area contributed by atoms with Crippen molar-refractivity contribution in [3.05, 3.63) is 71.8 Å². The molecule has 2 amide bonds. The first-order valence-corrected chi connectivity index (χ1v) is 8.40. The van der Waals surface area contributed by atoms with Crippen molar-refractivity contribution in [2.45, 2.75) is 26.2 Å². The topological polar surface area (TPSA) is 67.4 Å². The first kappa shape index (κ1) is 19.2. The summed E-state index contributed by atoms with van der Waals surface area (Å²) in [6.45, 7) is 6.21. The molecule has 2 rings (SSSR count). The van der Waals surface area contributed by atoms with Crippen LogP contribution in [0.15, 0.2) is 60.7 Å². The normalized spacial score (nSPS) is 11.2. The fourth-order valence-corrected chi connectivity index (χ4v) is 2.15. The van der Waals surface area contributed by atoms with E-state index in [9.17, 15) is 9.59 Å². The van der Waals surface area contributed by atoms with E-state index < -0.39 is 11.8 Å². The average Bonchev–Trinajstić information content (AvgIpc) is 2.63. The van der Waals surface area contributed by atoms with Crippen LogP contribution in [-0.4, -0.2) is 18.4 Å². The van der Waals surface area contributed by atoms with Crippen LogP contribution >= 0.6 is 0 Å². The van der Waals surface area contributed by atoms with Gasteiger partial charge in [-0.25, -0.2) is 0 Å². The quantitative estimate of drug-likeness (QED) is 0.641. The molecule has 0 heterocycles. The Bertz CT molecular complexity index is 760. The maximum absolute atomic E-state index is 11.7. The van der Waals surface area contributed by atoms with E-state index in [0.29, 0.717) is 5.75 Å². The third kappa shape index (κ3) is 6.43. The minimum Gasteiger partial charge on any atom is -0.484 e. The number of carbonyl (C=O) groups excluding carboxylic acids is 2. The Morgan fingerprint density at radius 3 is 2.23 bits per heavy atom. The van der Waals surface area contributed by atoms with Crippen LogP contribution in [0.2, 0.25) is 0 Å². The number of nitrogens with one attached hydrogen (secondary N) is 2. The molecule has 26 heavy (non-hydrogen) atoms. The molecule has 0 aliphatic carbocycles. The lowest BCUT2D eigenvalue weighted by Gasteiger charge is -2.19. The standard InChI is InChI=1S/C21H24N2O3/c1-21(2,3)17-10-12-18(13-11-17)26-15-20(25)23-22-19(24)14-9-16-7-5-4-6-8-16/h4-14H,15H2,1-3H3,(H,22,24)(H,23,25)/b14-9+. The van der Waals surface area contributed by atoms with Gasteiger partial charge in [0.15, 0.2) is 6.61 Å². The summed E-state index contributed by atoms with van der Waals surface area (Å²) >= 11 is 0. The predicted octanol–water partition coefficient (Wildman–Crippen LogP) is 3.22. The lowest BCUT2D eigenvalue weighted by molar-refractivity contribution is -0.128. The fraction of sp³-hybridized carbons (Fsp3) is 0.238. The van der Waals surface area contributed by atoms with Crippen molar-refractivity contribution in [1.82, 2.24) is 10.9 Å². The Labute approximate surface area is 154 Å². The van der Waals surface area contributed by atoms with Gasteiger partial charge in [-0.3, -0.25) is 20.4 Å². The molecule has 0 unspecified atom stereocenters. The highest BCUT2D eigenvalue weighted by Gasteiger charge is 2.13. The van der Waals surface area contributed by atoms with Gasteiger partial charge in [0.25, 0.3) is 11.8 Å². The number of benzene rings is 2. The van der Waals surface area contributed by atoms with E-state index in [1.54, 1.807) is 6.08 Å². The third-order valence-electron chi connectivity index (χ3n) is 3.64. The Morgan fingerprint density at radius 1 is 0.962 bits per heavy atom. The molecule has 0 saturated carbocycles. The molecule has 2 aromatic rings. The van der Waals surface area contributed by atoms with Gasteiger partial charge in [0.2, 0.25) is 0 Å². The SMILES string of the molecule is CC(C)(C)c1ccc(OCC(=O)NNC(=O)/C=C/c2ccccc2)cc1. The van der Waals surface area contributed by atoms with Crippen LogP contribution in [0.1, 0.15) is 31.9 Å². The predicted molar refractivity (Wildman–Crippen MR) is 102 cm³/mol. The molecule has 0 radical (unpaired) electrons. The van der Waals surface area contributed by atoms with Crippen molar-refractivity contribution < 1.29 is 14.3 Å². The smallest absolute Gasteiger partial charge is 0.276 e. The van der Waals surface area contributed by atoms with Crippen LogP contribution in [-0.2, 0) is 15.0 Å². The second-order valence-corrected chi connectivity index (χ2v) is 6.84. The molecule has 0 atom stereocenters. The highest BCUT2D eigenvalue weighted by molar-refractivity contribution is 5.93. The van der Waals surface area contributed by atoms with Crippen LogP contribution in [0.25, 0.3) is 6.08 Å². The zero-order chi connectivity index (χ0) is 19.0. The molecule has 136 valence electrons. The van der Waals surface area contributed by atoms with Gasteiger partial charge in [-0.05, 0) is 34.8 Å². The fourth-order valence-electron chi connectivity index (χ4n) is 2.15. The average molecular weight is 352 g/mol. The van der Waals surface area contributed by atoms with Crippen LogP contribution in [0.5, 0.6) is 5.75 Å². The van der Waals surface area contributed by atoms with Gasteiger partial charge in [0.1, 0.15) is 5.75 Å². The minimum atomic E-state index is -0.439. The first-order valence-electron chi connectivity index (χ1n) is 8.40. The molecule has 5 heteroatoms. The van der Waals surface area contributed by atoms with Crippen molar-refractivity contribution in [1.29, 1.82) is 0 Å². The molecule has 0 aromatic heterocycles. The Balaban J connectivity index is 1.73. The highest BCUT2D eigenvalue weighted by atomic mass is 16.5. The molecular formula is C21H24N2O3. The molecule has 5 nitrogen and oxygen atoms in total. The second kappa shape index (κ2) is 8.85. The molecule has 0 saturated heterocycles. The second-order valence-electron chi connectivity index (χ2n) is 6.84. The zero-order valence-corrected chi connectivity index (χ0v) is 15.3. The summed E-state index contributed by atoms with van der Waals surface area (Å²) in [7, 11) is 0. The van der Waals surface area contributed by atoms with E-state index in [4.69, 9.17) is 4.74 Å². The molecule has 2 aromatic carbocycles. The summed E-state index contributed by atoms with van der Waals surface area (Å²) in [5.74, 6) is -0.258. The van der Waals surface area contributed by atoms with Gasteiger partial charge in [-0.1, -0.05) is 63.2 Å². The van der Waals surface area contributed by atoms with Crippen molar-refractivity contribution in [2.24, 2.45) is 0 Å². The summed E-state index contributed by atoms with van der Waals surface area (Å²) in [6, 6.07) is 17.0. The number of hydrazine groups is 1. The number of hydrogen-bond acceptors (Lipinski definition) is 3. The first-order chi connectivity index (χ1) is 12.3. The molecule has 0 fully saturated rings. The van der Waals surface area contributed by atoms with Crippen molar-refractivity contribution in [3.63, 3.8) is 0 Å². The minimum absolute atomic E-state index is 0.0630. The number of carbonyl (C=O) groups is 2. The molecule has 0 aliphatic rings.